The van der Waals surface area contributed by atoms with Crippen molar-refractivity contribution >= 4 is 29.4 Å². The summed E-state index contributed by atoms with van der Waals surface area (Å²) in [5.41, 5.74) is 3.82. The van der Waals surface area contributed by atoms with E-state index in [1.54, 1.807) is 18.2 Å². The first-order chi connectivity index (χ1) is 14.8. The minimum Gasteiger partial charge on any atom is -0.307 e. The Bertz CT molecular complexity index is 1080. The number of nitrogens with one attached hydrogen (secondary N) is 2. The Balaban J connectivity index is 1.50. The van der Waals surface area contributed by atoms with E-state index in [1.165, 1.54) is 7.05 Å². The lowest BCUT2D eigenvalue weighted by Crippen LogP contribution is -2.50. The van der Waals surface area contributed by atoms with Gasteiger partial charge in [0.2, 0.25) is 11.8 Å². The molecule has 2 aromatic rings. The Morgan fingerprint density at radius 2 is 1.90 bits per heavy atom. The first-order valence-electron chi connectivity index (χ1n) is 10.2. The summed E-state index contributed by atoms with van der Waals surface area (Å²) in [6, 6.07) is 11.8. The maximum atomic E-state index is 13.1. The number of amides is 5. The summed E-state index contributed by atoms with van der Waals surface area (Å²) in [7, 11) is 1.44. The average molecular weight is 420 g/mol. The molecule has 8 heteroatoms. The smallest absolute Gasteiger partial charge is 0.307 e. The van der Waals surface area contributed by atoms with Crippen LogP contribution in [0.2, 0.25) is 0 Å². The van der Waals surface area contributed by atoms with Gasteiger partial charge in [0.05, 0.1) is 6.04 Å². The summed E-state index contributed by atoms with van der Waals surface area (Å²) < 4.78 is 0. The number of hydrogen-bond donors (Lipinski definition) is 2. The van der Waals surface area contributed by atoms with Crippen molar-refractivity contribution in [1.29, 1.82) is 0 Å². The van der Waals surface area contributed by atoms with Gasteiger partial charge in [0.1, 0.15) is 0 Å². The van der Waals surface area contributed by atoms with Crippen LogP contribution in [0.4, 0.5) is 10.5 Å². The van der Waals surface area contributed by atoms with Gasteiger partial charge in [-0.25, -0.2) is 4.79 Å². The Morgan fingerprint density at radius 3 is 2.65 bits per heavy atom. The molecule has 2 aliphatic rings. The molecule has 2 aliphatic heterocycles. The van der Waals surface area contributed by atoms with Crippen molar-refractivity contribution in [3.05, 3.63) is 64.7 Å². The van der Waals surface area contributed by atoms with Gasteiger partial charge < -0.3 is 5.32 Å². The zero-order valence-corrected chi connectivity index (χ0v) is 17.5. The van der Waals surface area contributed by atoms with Crippen molar-refractivity contribution in [3.63, 3.8) is 0 Å². The number of carbonyl (C=O) groups excluding carboxylic acids is 4. The highest BCUT2D eigenvalue weighted by Crippen LogP contribution is 2.30. The standard InChI is InChI=1S/C23H24N4O4/c1-14-5-3-7-16(11-14)24-23(31)26(2)22(30)17-8-4-6-15-12-27(13-18(15)17)19-9-10-20(28)25-21(19)29/h3-8,11,19H,9-10,12-13H2,1-2H3,(H,24,31)(H,25,28,29). The van der Waals surface area contributed by atoms with Crippen LogP contribution in [-0.4, -0.2) is 46.6 Å². The van der Waals surface area contributed by atoms with Crippen LogP contribution in [0.3, 0.4) is 0 Å². The van der Waals surface area contributed by atoms with Crippen LogP contribution in [0, 0.1) is 6.92 Å². The number of benzene rings is 2. The number of piperidine rings is 1. The topological polar surface area (TPSA) is 98.8 Å². The molecule has 2 heterocycles. The molecule has 160 valence electrons. The number of carbonyl (C=O) groups is 4. The van der Waals surface area contributed by atoms with E-state index in [9.17, 15) is 19.2 Å². The Hall–Kier alpha value is -3.52. The molecule has 0 aliphatic carbocycles. The third-order valence-electron chi connectivity index (χ3n) is 5.77. The minimum atomic E-state index is -0.520. The third kappa shape index (κ3) is 4.20. The summed E-state index contributed by atoms with van der Waals surface area (Å²) >= 11 is 0. The molecule has 8 nitrogen and oxygen atoms in total. The molecule has 1 fully saturated rings. The quantitative estimate of drug-likeness (QED) is 0.743. The van der Waals surface area contributed by atoms with E-state index in [4.69, 9.17) is 0 Å². The second-order valence-corrected chi connectivity index (χ2v) is 7.98. The van der Waals surface area contributed by atoms with E-state index in [1.807, 2.05) is 36.1 Å². The van der Waals surface area contributed by atoms with E-state index < -0.39 is 18.0 Å². The van der Waals surface area contributed by atoms with Gasteiger partial charge in [-0.05, 0) is 48.2 Å². The average Bonchev–Trinajstić information content (AvgIpc) is 3.16. The lowest BCUT2D eigenvalue weighted by Gasteiger charge is -2.29. The molecule has 2 aromatic carbocycles. The monoisotopic (exact) mass is 420 g/mol. The number of hydrogen-bond acceptors (Lipinski definition) is 5. The lowest BCUT2D eigenvalue weighted by molar-refractivity contribution is -0.137. The molecule has 1 unspecified atom stereocenters. The van der Waals surface area contributed by atoms with Crippen molar-refractivity contribution in [1.82, 2.24) is 15.1 Å². The third-order valence-corrected chi connectivity index (χ3v) is 5.77. The number of imide groups is 2. The van der Waals surface area contributed by atoms with Crippen LogP contribution in [0.15, 0.2) is 42.5 Å². The Kier molecular flexibility index (Phi) is 5.56. The van der Waals surface area contributed by atoms with Crippen molar-refractivity contribution in [2.75, 3.05) is 12.4 Å². The van der Waals surface area contributed by atoms with Gasteiger partial charge in [-0.15, -0.1) is 0 Å². The fraction of sp³-hybridized carbons (Fsp3) is 0.304. The molecule has 1 atom stereocenters. The lowest BCUT2D eigenvalue weighted by atomic mass is 10.0. The van der Waals surface area contributed by atoms with E-state index >= 15 is 0 Å². The number of aryl methyl sites for hydroxylation is 1. The molecule has 5 amide bonds. The Morgan fingerprint density at radius 1 is 1.13 bits per heavy atom. The van der Waals surface area contributed by atoms with Crippen LogP contribution in [-0.2, 0) is 22.7 Å². The van der Waals surface area contributed by atoms with Gasteiger partial charge in [-0.3, -0.25) is 29.5 Å². The minimum absolute atomic E-state index is 0.255. The summed E-state index contributed by atoms with van der Waals surface area (Å²) in [5.74, 6) is -0.964. The molecule has 0 saturated carbocycles. The first-order valence-corrected chi connectivity index (χ1v) is 10.2. The van der Waals surface area contributed by atoms with Crippen molar-refractivity contribution in [2.24, 2.45) is 0 Å². The fourth-order valence-corrected chi connectivity index (χ4v) is 4.10. The molecule has 0 spiro atoms. The van der Waals surface area contributed by atoms with Crippen LogP contribution in [0.25, 0.3) is 0 Å². The summed E-state index contributed by atoms with van der Waals surface area (Å²) in [4.78, 5) is 52.5. The van der Waals surface area contributed by atoms with Crippen LogP contribution in [0.5, 0.6) is 0 Å². The summed E-state index contributed by atoms with van der Waals surface area (Å²) in [6.07, 6.45) is 0.762. The van der Waals surface area contributed by atoms with Gasteiger partial charge in [0.25, 0.3) is 5.91 Å². The highest BCUT2D eigenvalue weighted by atomic mass is 16.2. The zero-order chi connectivity index (χ0) is 22.1. The molecule has 31 heavy (non-hydrogen) atoms. The first kappa shape index (κ1) is 20.7. The molecular weight excluding hydrogens is 396 g/mol. The Labute approximate surface area is 180 Å². The number of nitrogens with zero attached hydrogens (tertiary/aromatic N) is 2. The highest BCUT2D eigenvalue weighted by molar-refractivity contribution is 6.08. The van der Waals surface area contributed by atoms with E-state index in [0.29, 0.717) is 37.2 Å². The molecule has 0 radical (unpaired) electrons. The number of fused-ring (bicyclic) bond motifs is 1. The molecule has 1 saturated heterocycles. The van der Waals surface area contributed by atoms with Crippen LogP contribution in [0.1, 0.15) is 39.9 Å². The van der Waals surface area contributed by atoms with Crippen LogP contribution < -0.4 is 10.6 Å². The van der Waals surface area contributed by atoms with Crippen molar-refractivity contribution < 1.29 is 19.2 Å². The van der Waals surface area contributed by atoms with Gasteiger partial charge >= 0.3 is 6.03 Å². The fourth-order valence-electron chi connectivity index (χ4n) is 4.10. The number of urea groups is 1. The van der Waals surface area contributed by atoms with Gasteiger partial charge in [0, 0.05) is 37.8 Å². The highest BCUT2D eigenvalue weighted by Gasteiger charge is 2.36. The normalized spacial score (nSPS) is 18.3. The second-order valence-electron chi connectivity index (χ2n) is 7.98. The molecule has 0 bridgehead atoms. The predicted octanol–water partition coefficient (Wildman–Crippen LogP) is 2.42. The maximum absolute atomic E-state index is 13.1. The van der Waals surface area contributed by atoms with Gasteiger partial charge in [-0.2, -0.15) is 0 Å². The largest absolute Gasteiger partial charge is 0.328 e. The number of anilines is 1. The second kappa shape index (κ2) is 8.31. The van der Waals surface area contributed by atoms with Crippen LogP contribution >= 0.6 is 0 Å². The molecule has 0 aromatic heterocycles. The van der Waals surface area contributed by atoms with Gasteiger partial charge in [0.15, 0.2) is 0 Å². The summed E-state index contributed by atoms with van der Waals surface area (Å²) in [5, 5.41) is 5.13. The SMILES string of the molecule is Cc1cccc(NC(=O)N(C)C(=O)c2cccc3c2CN(C2CCC(=O)NC2=O)C3)c1. The number of rotatable bonds is 3. The van der Waals surface area contributed by atoms with Crippen molar-refractivity contribution in [2.45, 2.75) is 38.9 Å². The zero-order valence-electron chi connectivity index (χ0n) is 17.5. The van der Waals surface area contributed by atoms with Crippen molar-refractivity contribution in [3.8, 4) is 0 Å². The molecule has 4 rings (SSSR count). The molecular formula is C23H24N4O4. The summed E-state index contributed by atoms with van der Waals surface area (Å²) in [6.45, 7) is 2.85. The van der Waals surface area contributed by atoms with E-state index in [-0.39, 0.29) is 11.8 Å². The van der Waals surface area contributed by atoms with E-state index in [0.717, 1.165) is 21.6 Å². The molecule has 2 N–H and O–H groups in total. The van der Waals surface area contributed by atoms with E-state index in [2.05, 4.69) is 10.6 Å². The van der Waals surface area contributed by atoms with Gasteiger partial charge in [-0.1, -0.05) is 24.3 Å². The predicted molar refractivity (Wildman–Crippen MR) is 114 cm³/mol. The maximum Gasteiger partial charge on any atom is 0.328 e.